The molecule has 2 aromatic heterocycles. The number of benzene rings is 1. The fourth-order valence-electron chi connectivity index (χ4n) is 5.28. The van der Waals surface area contributed by atoms with E-state index in [9.17, 15) is 26.4 Å². The largest absolute Gasteiger partial charge is 0.413 e. The standard InChI is InChI=1S/C24H24ClF4N5O3S/c1-32(23(35)14-6-9-38(36,37)10-7-14)22(24(27,28)29)15-4-5-17(16(26)11-15)33-8-2-3-18-19(33)13-30-21-12-20(25)31-34(18)21/h4-5,11-14,22H,2-3,6-10H2,1H3/t22-/m0/s1. The van der Waals surface area contributed by atoms with Crippen LogP contribution < -0.4 is 4.90 Å². The highest BCUT2D eigenvalue weighted by molar-refractivity contribution is 7.91. The van der Waals surface area contributed by atoms with E-state index in [-0.39, 0.29) is 35.2 Å². The number of carbonyl (C=O) groups excluding carboxylic acids is 1. The number of halogens is 5. The average molecular weight is 574 g/mol. The predicted octanol–water partition coefficient (Wildman–Crippen LogP) is 4.49. The molecule has 4 heterocycles. The van der Waals surface area contributed by atoms with Crippen LogP contribution in [0.1, 0.15) is 36.6 Å². The number of alkyl halides is 3. The van der Waals surface area contributed by atoms with Crippen molar-refractivity contribution >= 4 is 44.4 Å². The highest BCUT2D eigenvalue weighted by atomic mass is 35.5. The molecule has 0 spiro atoms. The normalized spacial score (nSPS) is 18.8. The number of nitrogens with zero attached hydrogens (tertiary/aromatic N) is 5. The van der Waals surface area contributed by atoms with E-state index >= 15 is 4.39 Å². The molecule has 0 unspecified atom stereocenters. The van der Waals surface area contributed by atoms with Crippen LogP contribution in [-0.4, -0.2) is 65.1 Å². The minimum absolute atomic E-state index is 0.0412. The van der Waals surface area contributed by atoms with E-state index in [0.717, 1.165) is 24.9 Å². The SMILES string of the molecule is CN(C(=O)C1CCS(=O)(=O)CC1)[C@@H](c1ccc(N2CCCc3c2cnc2cc(Cl)nn32)c(F)c1)C(F)(F)F. The Kier molecular flexibility index (Phi) is 6.79. The molecule has 38 heavy (non-hydrogen) atoms. The van der Waals surface area contributed by atoms with Gasteiger partial charge in [0.25, 0.3) is 0 Å². The van der Waals surface area contributed by atoms with Gasteiger partial charge in [0.15, 0.2) is 16.8 Å². The van der Waals surface area contributed by atoms with E-state index in [1.165, 1.54) is 6.07 Å². The van der Waals surface area contributed by atoms with Gasteiger partial charge in [0.05, 0.1) is 34.8 Å². The minimum atomic E-state index is -4.88. The first-order valence-electron chi connectivity index (χ1n) is 12.0. The molecule has 0 N–H and O–H groups in total. The van der Waals surface area contributed by atoms with Crippen LogP contribution in [0.2, 0.25) is 5.15 Å². The summed E-state index contributed by atoms with van der Waals surface area (Å²) in [6, 6.07) is 2.43. The van der Waals surface area contributed by atoms with Crippen molar-refractivity contribution in [2.75, 3.05) is 30.0 Å². The average Bonchev–Trinajstić information content (AvgIpc) is 3.23. The number of carbonyl (C=O) groups is 1. The number of hydrogen-bond acceptors (Lipinski definition) is 6. The molecule has 1 atom stereocenters. The van der Waals surface area contributed by atoms with Crippen LogP contribution in [0.5, 0.6) is 0 Å². The maximum Gasteiger partial charge on any atom is 0.413 e. The molecule has 0 aliphatic carbocycles. The van der Waals surface area contributed by atoms with Gasteiger partial charge in [0.2, 0.25) is 5.91 Å². The Morgan fingerprint density at radius 3 is 2.55 bits per heavy atom. The summed E-state index contributed by atoms with van der Waals surface area (Å²) in [7, 11) is -2.28. The first-order valence-corrected chi connectivity index (χ1v) is 14.2. The molecule has 1 fully saturated rings. The van der Waals surface area contributed by atoms with Crippen LogP contribution in [0.15, 0.2) is 30.5 Å². The van der Waals surface area contributed by atoms with Gasteiger partial charge in [-0.2, -0.15) is 18.3 Å². The highest BCUT2D eigenvalue weighted by Crippen LogP contribution is 2.41. The van der Waals surface area contributed by atoms with Crippen molar-refractivity contribution in [3.05, 3.63) is 52.7 Å². The molecule has 0 saturated carbocycles. The van der Waals surface area contributed by atoms with Crippen LogP contribution in [-0.2, 0) is 21.1 Å². The van der Waals surface area contributed by atoms with Gasteiger partial charge in [0.1, 0.15) is 15.7 Å². The number of aromatic nitrogens is 3. The topological polar surface area (TPSA) is 87.9 Å². The monoisotopic (exact) mass is 573 g/mol. The molecular formula is C24H24ClF4N5O3S. The Morgan fingerprint density at radius 2 is 1.89 bits per heavy atom. The molecule has 14 heteroatoms. The number of rotatable bonds is 4. The lowest BCUT2D eigenvalue weighted by molar-refractivity contribution is -0.190. The Morgan fingerprint density at radius 1 is 1.18 bits per heavy atom. The highest BCUT2D eigenvalue weighted by Gasteiger charge is 2.47. The Balaban J connectivity index is 1.45. The second kappa shape index (κ2) is 9.67. The number of anilines is 2. The zero-order valence-corrected chi connectivity index (χ0v) is 21.8. The summed E-state index contributed by atoms with van der Waals surface area (Å²) in [5, 5.41) is 4.48. The lowest BCUT2D eigenvalue weighted by Gasteiger charge is -2.35. The van der Waals surface area contributed by atoms with Crippen LogP contribution in [0, 0.1) is 11.7 Å². The summed E-state index contributed by atoms with van der Waals surface area (Å²) >= 11 is 6.01. The molecule has 0 radical (unpaired) electrons. The van der Waals surface area contributed by atoms with Crippen molar-refractivity contribution in [2.45, 2.75) is 37.9 Å². The quantitative estimate of drug-likeness (QED) is 0.427. The van der Waals surface area contributed by atoms with E-state index in [0.29, 0.717) is 35.6 Å². The van der Waals surface area contributed by atoms with Gasteiger partial charge in [0, 0.05) is 25.6 Å². The summed E-state index contributed by atoms with van der Waals surface area (Å²) < 4.78 is 83.0. The van der Waals surface area contributed by atoms with Gasteiger partial charge in [-0.25, -0.2) is 22.3 Å². The van der Waals surface area contributed by atoms with E-state index in [1.54, 1.807) is 21.7 Å². The number of hydrogen-bond donors (Lipinski definition) is 0. The van der Waals surface area contributed by atoms with E-state index in [4.69, 9.17) is 11.6 Å². The second-order valence-corrected chi connectivity index (χ2v) is 12.3. The lowest BCUT2D eigenvalue weighted by atomic mass is 9.97. The summed E-state index contributed by atoms with van der Waals surface area (Å²) in [5.41, 5.74) is 1.50. The van der Waals surface area contributed by atoms with Crippen LogP contribution in [0.3, 0.4) is 0 Å². The van der Waals surface area contributed by atoms with Crippen molar-refractivity contribution in [1.82, 2.24) is 19.5 Å². The van der Waals surface area contributed by atoms with Crippen molar-refractivity contribution in [1.29, 1.82) is 0 Å². The van der Waals surface area contributed by atoms with Gasteiger partial charge in [-0.05, 0) is 43.4 Å². The summed E-state index contributed by atoms with van der Waals surface area (Å²) in [5.74, 6) is -3.04. The molecule has 1 saturated heterocycles. The van der Waals surface area contributed by atoms with Crippen molar-refractivity contribution in [3.8, 4) is 0 Å². The van der Waals surface area contributed by atoms with Crippen LogP contribution in [0.4, 0.5) is 28.9 Å². The minimum Gasteiger partial charge on any atom is -0.336 e. The molecular weight excluding hydrogens is 550 g/mol. The van der Waals surface area contributed by atoms with Crippen molar-refractivity contribution < 1.29 is 30.8 Å². The zero-order valence-electron chi connectivity index (χ0n) is 20.3. The van der Waals surface area contributed by atoms with Gasteiger partial charge in [-0.1, -0.05) is 17.7 Å². The first-order chi connectivity index (χ1) is 17.9. The summed E-state index contributed by atoms with van der Waals surface area (Å²) in [6.07, 6.45) is -2.13. The van der Waals surface area contributed by atoms with Gasteiger partial charge < -0.3 is 9.80 Å². The third-order valence-electron chi connectivity index (χ3n) is 7.14. The van der Waals surface area contributed by atoms with Crippen LogP contribution >= 0.6 is 11.6 Å². The third-order valence-corrected chi connectivity index (χ3v) is 9.04. The lowest BCUT2D eigenvalue weighted by Crippen LogP contribution is -2.44. The Hall–Kier alpha value is -2.93. The summed E-state index contributed by atoms with van der Waals surface area (Å²) in [6.45, 7) is 0.414. The Labute approximate surface area is 221 Å². The molecule has 2 aliphatic heterocycles. The molecule has 5 rings (SSSR count). The maximum atomic E-state index is 15.5. The number of aryl methyl sites for hydroxylation is 1. The van der Waals surface area contributed by atoms with Crippen LogP contribution in [0.25, 0.3) is 5.65 Å². The van der Waals surface area contributed by atoms with Crippen molar-refractivity contribution in [2.24, 2.45) is 5.92 Å². The number of fused-ring (bicyclic) bond motifs is 3. The van der Waals surface area contributed by atoms with E-state index in [2.05, 4.69) is 10.1 Å². The molecule has 0 bridgehead atoms. The molecule has 1 amide bonds. The smallest absolute Gasteiger partial charge is 0.336 e. The molecule has 8 nitrogen and oxygen atoms in total. The first kappa shape index (κ1) is 26.7. The third kappa shape index (κ3) is 4.93. The fraction of sp³-hybridized carbons (Fsp3) is 0.458. The molecule has 3 aromatic rings. The number of amides is 1. The number of sulfone groups is 1. The van der Waals surface area contributed by atoms with Gasteiger partial charge in [-0.3, -0.25) is 4.79 Å². The molecule has 204 valence electrons. The molecule has 2 aliphatic rings. The molecule has 1 aromatic carbocycles. The Bertz CT molecular complexity index is 1500. The van der Waals surface area contributed by atoms with E-state index < -0.39 is 45.3 Å². The predicted molar refractivity (Wildman–Crippen MR) is 133 cm³/mol. The summed E-state index contributed by atoms with van der Waals surface area (Å²) in [4.78, 5) is 19.4. The van der Waals surface area contributed by atoms with E-state index in [1.807, 2.05) is 0 Å². The second-order valence-electron chi connectivity index (χ2n) is 9.61. The van der Waals surface area contributed by atoms with Crippen molar-refractivity contribution in [3.63, 3.8) is 0 Å². The zero-order chi connectivity index (χ0) is 27.4. The maximum absolute atomic E-state index is 15.5. The van der Waals surface area contributed by atoms with Gasteiger partial charge in [-0.15, -0.1) is 0 Å². The fourth-order valence-corrected chi connectivity index (χ4v) is 6.94. The van der Waals surface area contributed by atoms with Gasteiger partial charge >= 0.3 is 6.18 Å².